The molecule has 4 aromatic rings. The van der Waals surface area contributed by atoms with E-state index in [1.54, 1.807) is 4.68 Å². The van der Waals surface area contributed by atoms with E-state index in [1.807, 2.05) is 45.4 Å². The summed E-state index contributed by atoms with van der Waals surface area (Å²) >= 11 is 0. The van der Waals surface area contributed by atoms with Crippen LogP contribution in [0.5, 0.6) is 0 Å². The first-order valence-corrected chi connectivity index (χ1v) is 8.71. The molecule has 0 fully saturated rings. The van der Waals surface area contributed by atoms with Crippen molar-refractivity contribution in [2.24, 2.45) is 7.05 Å². The Balaban J connectivity index is 1.67. The van der Waals surface area contributed by atoms with Gasteiger partial charge in [-0.25, -0.2) is 9.67 Å². The fourth-order valence-electron chi connectivity index (χ4n) is 3.20. The predicted molar refractivity (Wildman–Crippen MR) is 102 cm³/mol. The van der Waals surface area contributed by atoms with Crippen LogP contribution in [-0.2, 0) is 13.5 Å². The Morgan fingerprint density at radius 1 is 1.12 bits per heavy atom. The number of nitrogens with one attached hydrogen (secondary N) is 1. The maximum Gasteiger partial charge on any atom is 0.262 e. The molecule has 0 spiro atoms. The molecule has 6 heteroatoms. The van der Waals surface area contributed by atoms with Gasteiger partial charge in [-0.15, -0.1) is 0 Å². The molecule has 0 bridgehead atoms. The van der Waals surface area contributed by atoms with E-state index in [2.05, 4.69) is 43.9 Å². The first-order valence-electron chi connectivity index (χ1n) is 8.71. The third kappa shape index (κ3) is 2.83. The summed E-state index contributed by atoms with van der Waals surface area (Å²) < 4.78 is 3.75. The summed E-state index contributed by atoms with van der Waals surface area (Å²) in [5, 5.41) is 5.06. The number of hydrogen-bond donors (Lipinski definition) is 1. The molecular formula is C20H21N5O. The van der Waals surface area contributed by atoms with E-state index >= 15 is 0 Å². The Bertz CT molecular complexity index is 1100. The summed E-state index contributed by atoms with van der Waals surface area (Å²) in [6.45, 7) is 4.06. The van der Waals surface area contributed by atoms with Crippen LogP contribution in [0.15, 0.2) is 53.6 Å². The average molecular weight is 347 g/mol. The van der Waals surface area contributed by atoms with Crippen molar-refractivity contribution in [1.29, 1.82) is 0 Å². The minimum atomic E-state index is -0.120. The Hall–Kier alpha value is -3.15. The number of nitrogens with zero attached hydrogens (tertiary/aromatic N) is 4. The summed E-state index contributed by atoms with van der Waals surface area (Å²) in [6, 6.07) is 12.2. The first kappa shape index (κ1) is 16.3. The predicted octanol–water partition coefficient (Wildman–Crippen LogP) is 3.16. The molecular weight excluding hydrogens is 326 g/mol. The van der Waals surface area contributed by atoms with Crippen molar-refractivity contribution >= 4 is 11.0 Å². The van der Waals surface area contributed by atoms with E-state index in [0.29, 0.717) is 23.3 Å². The normalized spacial score (nSPS) is 11.5. The molecule has 0 amide bonds. The largest absolute Gasteiger partial charge is 0.324 e. The van der Waals surface area contributed by atoms with Gasteiger partial charge in [-0.3, -0.25) is 4.79 Å². The highest BCUT2D eigenvalue weighted by atomic mass is 16.1. The Morgan fingerprint density at radius 2 is 1.81 bits per heavy atom. The number of benzene rings is 1. The molecule has 0 aliphatic rings. The highest BCUT2D eigenvalue weighted by Gasteiger charge is 2.17. The molecule has 0 saturated heterocycles. The lowest BCUT2D eigenvalue weighted by molar-refractivity contribution is 0.723. The summed E-state index contributed by atoms with van der Waals surface area (Å²) in [7, 11) is 1.83. The van der Waals surface area contributed by atoms with Gasteiger partial charge in [-0.1, -0.05) is 26.0 Å². The van der Waals surface area contributed by atoms with E-state index in [-0.39, 0.29) is 11.5 Å². The van der Waals surface area contributed by atoms with Gasteiger partial charge in [-0.05, 0) is 35.7 Å². The lowest BCUT2D eigenvalue weighted by Gasteiger charge is -2.06. The number of hydrogen-bond acceptors (Lipinski definition) is 3. The standard InChI is InChI=1S/C20H21N5O/c1-13(2)18-17-19(24(3)23-18)21-16(22-20(17)26)12-14-6-8-15(9-7-14)25-10-4-5-11-25/h4-11,13H,12H2,1-3H3,(H,21,22,26). The van der Waals surface area contributed by atoms with Crippen molar-refractivity contribution in [3.8, 4) is 5.69 Å². The van der Waals surface area contributed by atoms with Crippen LogP contribution in [0.2, 0.25) is 0 Å². The third-order valence-corrected chi connectivity index (χ3v) is 4.53. The van der Waals surface area contributed by atoms with Crippen LogP contribution in [0.4, 0.5) is 0 Å². The Kier molecular flexibility index (Phi) is 3.95. The summed E-state index contributed by atoms with van der Waals surface area (Å²) in [6.07, 6.45) is 4.59. The van der Waals surface area contributed by atoms with E-state index in [1.165, 1.54) is 0 Å². The number of aromatic amines is 1. The van der Waals surface area contributed by atoms with Gasteiger partial charge < -0.3 is 9.55 Å². The van der Waals surface area contributed by atoms with E-state index < -0.39 is 0 Å². The minimum absolute atomic E-state index is 0.120. The zero-order chi connectivity index (χ0) is 18.3. The fourth-order valence-corrected chi connectivity index (χ4v) is 3.20. The molecule has 0 aliphatic heterocycles. The quantitative estimate of drug-likeness (QED) is 0.616. The monoisotopic (exact) mass is 347 g/mol. The van der Waals surface area contributed by atoms with Gasteiger partial charge in [-0.2, -0.15) is 5.10 Å². The number of aryl methyl sites for hydroxylation is 1. The fraction of sp³-hybridized carbons (Fsp3) is 0.250. The molecule has 0 radical (unpaired) electrons. The number of aromatic nitrogens is 5. The van der Waals surface area contributed by atoms with Gasteiger partial charge in [0.25, 0.3) is 5.56 Å². The van der Waals surface area contributed by atoms with Gasteiger partial charge in [0, 0.05) is 31.5 Å². The van der Waals surface area contributed by atoms with E-state index in [0.717, 1.165) is 16.9 Å². The van der Waals surface area contributed by atoms with Gasteiger partial charge in [0.2, 0.25) is 0 Å². The van der Waals surface area contributed by atoms with Gasteiger partial charge in [0.15, 0.2) is 5.65 Å². The van der Waals surface area contributed by atoms with Crippen LogP contribution < -0.4 is 5.56 Å². The van der Waals surface area contributed by atoms with Crippen molar-refractivity contribution in [2.45, 2.75) is 26.2 Å². The molecule has 3 heterocycles. The molecule has 4 rings (SSSR count). The van der Waals surface area contributed by atoms with Gasteiger partial charge >= 0.3 is 0 Å². The third-order valence-electron chi connectivity index (χ3n) is 4.53. The molecule has 1 N–H and O–H groups in total. The second-order valence-corrected chi connectivity index (χ2v) is 6.81. The molecule has 132 valence electrons. The molecule has 6 nitrogen and oxygen atoms in total. The second-order valence-electron chi connectivity index (χ2n) is 6.81. The van der Waals surface area contributed by atoms with Gasteiger partial charge in [0.05, 0.1) is 5.69 Å². The summed E-state index contributed by atoms with van der Waals surface area (Å²) in [5.74, 6) is 0.822. The molecule has 0 saturated carbocycles. The zero-order valence-electron chi connectivity index (χ0n) is 15.1. The highest BCUT2D eigenvalue weighted by Crippen LogP contribution is 2.20. The second kappa shape index (κ2) is 6.29. The topological polar surface area (TPSA) is 68.5 Å². The lowest BCUT2D eigenvalue weighted by Crippen LogP contribution is -2.13. The van der Waals surface area contributed by atoms with Crippen molar-refractivity contribution < 1.29 is 0 Å². The smallest absolute Gasteiger partial charge is 0.262 e. The van der Waals surface area contributed by atoms with Crippen molar-refractivity contribution in [2.75, 3.05) is 0 Å². The van der Waals surface area contributed by atoms with Gasteiger partial charge in [0.1, 0.15) is 11.2 Å². The molecule has 0 atom stereocenters. The number of fused-ring (bicyclic) bond motifs is 1. The first-order chi connectivity index (χ1) is 12.5. The maximum absolute atomic E-state index is 12.6. The van der Waals surface area contributed by atoms with Crippen molar-refractivity contribution in [3.05, 3.63) is 76.2 Å². The summed E-state index contributed by atoms with van der Waals surface area (Å²) in [5.41, 5.74) is 3.50. The van der Waals surface area contributed by atoms with E-state index in [9.17, 15) is 4.79 Å². The SMILES string of the molecule is CC(C)c1nn(C)c2nc(Cc3ccc(-n4cccc4)cc3)[nH]c(=O)c12. The van der Waals surface area contributed by atoms with Crippen LogP contribution in [-0.4, -0.2) is 24.3 Å². The highest BCUT2D eigenvalue weighted by molar-refractivity contribution is 5.77. The number of rotatable bonds is 4. The van der Waals surface area contributed by atoms with Crippen molar-refractivity contribution in [3.63, 3.8) is 0 Å². The van der Waals surface area contributed by atoms with Crippen molar-refractivity contribution in [1.82, 2.24) is 24.3 Å². The molecule has 3 aromatic heterocycles. The average Bonchev–Trinajstić information content (AvgIpc) is 3.25. The lowest BCUT2D eigenvalue weighted by atomic mass is 10.1. The molecule has 0 aliphatic carbocycles. The maximum atomic E-state index is 12.6. The molecule has 1 aromatic carbocycles. The van der Waals surface area contributed by atoms with Crippen LogP contribution in [0.1, 0.15) is 36.8 Å². The number of H-pyrrole nitrogens is 1. The van der Waals surface area contributed by atoms with Crippen LogP contribution in [0.3, 0.4) is 0 Å². The Labute approximate surface area is 151 Å². The van der Waals surface area contributed by atoms with Crippen LogP contribution in [0, 0.1) is 0 Å². The van der Waals surface area contributed by atoms with E-state index in [4.69, 9.17) is 0 Å². The minimum Gasteiger partial charge on any atom is -0.324 e. The zero-order valence-corrected chi connectivity index (χ0v) is 15.1. The van der Waals surface area contributed by atoms with Crippen LogP contribution >= 0.6 is 0 Å². The molecule has 0 unspecified atom stereocenters. The summed E-state index contributed by atoms with van der Waals surface area (Å²) in [4.78, 5) is 20.2. The molecule has 26 heavy (non-hydrogen) atoms. The van der Waals surface area contributed by atoms with Crippen LogP contribution in [0.25, 0.3) is 16.7 Å². The Morgan fingerprint density at radius 3 is 2.46 bits per heavy atom.